The molecular formula is C9H16O3. The monoisotopic (exact) mass is 172 g/mol. The van der Waals surface area contributed by atoms with Crippen molar-refractivity contribution in [2.24, 2.45) is 11.8 Å². The fourth-order valence-corrected chi connectivity index (χ4v) is 1.19. The smallest absolute Gasteiger partial charge is 0.309 e. The van der Waals surface area contributed by atoms with Crippen LogP contribution in [-0.4, -0.2) is 25.8 Å². The lowest BCUT2D eigenvalue weighted by Crippen LogP contribution is -2.10. The summed E-state index contributed by atoms with van der Waals surface area (Å²) in [6, 6.07) is 0. The number of rotatable bonds is 4. The van der Waals surface area contributed by atoms with Crippen molar-refractivity contribution in [3.05, 3.63) is 0 Å². The van der Waals surface area contributed by atoms with E-state index >= 15 is 0 Å². The van der Waals surface area contributed by atoms with Gasteiger partial charge in [0.05, 0.1) is 25.7 Å². The molecule has 70 valence electrons. The summed E-state index contributed by atoms with van der Waals surface area (Å²) in [4.78, 5) is 11.0. The molecule has 0 aliphatic heterocycles. The van der Waals surface area contributed by atoms with Crippen molar-refractivity contribution in [1.29, 1.82) is 0 Å². The van der Waals surface area contributed by atoms with Gasteiger partial charge in [-0.25, -0.2) is 0 Å². The summed E-state index contributed by atoms with van der Waals surface area (Å²) in [5.41, 5.74) is 0. The molecule has 12 heavy (non-hydrogen) atoms. The molecule has 0 heterocycles. The van der Waals surface area contributed by atoms with Crippen LogP contribution < -0.4 is 0 Å². The molecule has 3 nitrogen and oxygen atoms in total. The maximum atomic E-state index is 11.0. The standard InChI is InChI=1S/C9H16O3/c1-6(2)12-5-7-4-8(7)9(10)11-3/h6-8H,4-5H2,1-3H3/t7-,8-/m0/s1. The molecule has 0 spiro atoms. The molecule has 0 radical (unpaired) electrons. The minimum atomic E-state index is -0.0904. The van der Waals surface area contributed by atoms with Gasteiger partial charge in [0.2, 0.25) is 0 Å². The fourth-order valence-electron chi connectivity index (χ4n) is 1.19. The largest absolute Gasteiger partial charge is 0.469 e. The third-order valence-corrected chi connectivity index (χ3v) is 2.07. The first-order valence-corrected chi connectivity index (χ1v) is 4.34. The SMILES string of the molecule is COC(=O)[C@H]1C[C@H]1COC(C)C. The molecule has 1 rings (SSSR count). The van der Waals surface area contributed by atoms with Crippen LogP contribution in [0, 0.1) is 11.8 Å². The Kier molecular flexibility index (Phi) is 3.09. The van der Waals surface area contributed by atoms with Gasteiger partial charge in [-0.15, -0.1) is 0 Å². The van der Waals surface area contributed by atoms with E-state index in [0.717, 1.165) is 6.42 Å². The van der Waals surface area contributed by atoms with Gasteiger partial charge in [-0.2, -0.15) is 0 Å². The number of hydrogen-bond acceptors (Lipinski definition) is 3. The van der Waals surface area contributed by atoms with Gasteiger partial charge in [-0.1, -0.05) is 0 Å². The molecule has 0 saturated heterocycles. The Labute approximate surface area is 73.0 Å². The van der Waals surface area contributed by atoms with Gasteiger partial charge in [-0.05, 0) is 26.2 Å². The number of ether oxygens (including phenoxy) is 2. The van der Waals surface area contributed by atoms with Crippen molar-refractivity contribution in [2.45, 2.75) is 26.4 Å². The summed E-state index contributed by atoms with van der Waals surface area (Å²) in [7, 11) is 1.43. The first-order valence-electron chi connectivity index (χ1n) is 4.34. The van der Waals surface area contributed by atoms with E-state index in [1.165, 1.54) is 7.11 Å². The van der Waals surface area contributed by atoms with Gasteiger partial charge in [0.1, 0.15) is 0 Å². The highest BCUT2D eigenvalue weighted by molar-refractivity contribution is 5.75. The van der Waals surface area contributed by atoms with Crippen LogP contribution in [0.15, 0.2) is 0 Å². The van der Waals surface area contributed by atoms with Crippen molar-refractivity contribution in [3.63, 3.8) is 0 Å². The lowest BCUT2D eigenvalue weighted by Gasteiger charge is -2.05. The van der Waals surface area contributed by atoms with Crippen LogP contribution in [0.5, 0.6) is 0 Å². The molecule has 1 saturated carbocycles. The Morgan fingerprint density at radius 1 is 1.58 bits per heavy atom. The Hall–Kier alpha value is -0.570. The van der Waals surface area contributed by atoms with Crippen LogP contribution in [0.4, 0.5) is 0 Å². The van der Waals surface area contributed by atoms with E-state index in [9.17, 15) is 4.79 Å². The van der Waals surface area contributed by atoms with Gasteiger partial charge in [0.15, 0.2) is 0 Å². The molecule has 0 amide bonds. The molecule has 0 bridgehead atoms. The number of carbonyl (C=O) groups is 1. The third-order valence-electron chi connectivity index (χ3n) is 2.07. The fraction of sp³-hybridized carbons (Fsp3) is 0.889. The summed E-state index contributed by atoms with van der Waals surface area (Å²) in [6.45, 7) is 4.68. The highest BCUT2D eigenvalue weighted by Gasteiger charge is 2.43. The third kappa shape index (κ3) is 2.48. The zero-order valence-corrected chi connectivity index (χ0v) is 7.87. The first-order chi connectivity index (χ1) is 5.65. The predicted octanol–water partition coefficient (Wildman–Crippen LogP) is 1.22. The second-order valence-electron chi connectivity index (χ2n) is 3.51. The van der Waals surface area contributed by atoms with Crippen LogP contribution >= 0.6 is 0 Å². The van der Waals surface area contributed by atoms with Crippen molar-refractivity contribution >= 4 is 5.97 Å². The Bertz CT molecular complexity index is 165. The van der Waals surface area contributed by atoms with Gasteiger partial charge < -0.3 is 9.47 Å². The number of carbonyl (C=O) groups excluding carboxylic acids is 1. The second kappa shape index (κ2) is 3.90. The van der Waals surface area contributed by atoms with Crippen LogP contribution in [0.2, 0.25) is 0 Å². The summed E-state index contributed by atoms with van der Waals surface area (Å²) >= 11 is 0. The van der Waals surface area contributed by atoms with E-state index in [1.54, 1.807) is 0 Å². The zero-order valence-electron chi connectivity index (χ0n) is 7.87. The Morgan fingerprint density at radius 3 is 2.75 bits per heavy atom. The van der Waals surface area contributed by atoms with Gasteiger partial charge in [0, 0.05) is 0 Å². The molecular weight excluding hydrogens is 156 g/mol. The van der Waals surface area contributed by atoms with E-state index in [2.05, 4.69) is 4.74 Å². The van der Waals surface area contributed by atoms with Gasteiger partial charge in [-0.3, -0.25) is 4.79 Å². The maximum Gasteiger partial charge on any atom is 0.309 e. The lowest BCUT2D eigenvalue weighted by atomic mass is 10.3. The van der Waals surface area contributed by atoms with E-state index < -0.39 is 0 Å². The summed E-state index contributed by atoms with van der Waals surface area (Å²) < 4.78 is 10.00. The summed E-state index contributed by atoms with van der Waals surface area (Å²) in [5, 5.41) is 0. The minimum Gasteiger partial charge on any atom is -0.469 e. The average molecular weight is 172 g/mol. The number of hydrogen-bond donors (Lipinski definition) is 0. The van der Waals surface area contributed by atoms with Crippen molar-refractivity contribution in [2.75, 3.05) is 13.7 Å². The van der Waals surface area contributed by atoms with Gasteiger partial charge in [0.25, 0.3) is 0 Å². The quantitative estimate of drug-likeness (QED) is 0.598. The molecule has 0 aromatic rings. The molecule has 3 heteroatoms. The highest BCUT2D eigenvalue weighted by Crippen LogP contribution is 2.39. The number of esters is 1. The van der Waals surface area contributed by atoms with E-state index in [4.69, 9.17) is 4.74 Å². The van der Waals surface area contributed by atoms with Crippen molar-refractivity contribution in [3.8, 4) is 0 Å². The van der Waals surface area contributed by atoms with Gasteiger partial charge >= 0.3 is 5.97 Å². The first kappa shape index (κ1) is 9.52. The summed E-state index contributed by atoms with van der Waals surface area (Å²) in [6.07, 6.45) is 1.18. The molecule has 1 aliphatic carbocycles. The number of methoxy groups -OCH3 is 1. The van der Waals surface area contributed by atoms with Crippen LogP contribution in [-0.2, 0) is 14.3 Å². The molecule has 0 aromatic carbocycles. The Morgan fingerprint density at radius 2 is 2.25 bits per heavy atom. The maximum absolute atomic E-state index is 11.0. The van der Waals surface area contributed by atoms with E-state index in [-0.39, 0.29) is 18.0 Å². The molecule has 0 N–H and O–H groups in total. The molecule has 0 unspecified atom stereocenters. The van der Waals surface area contributed by atoms with Crippen LogP contribution in [0.25, 0.3) is 0 Å². The summed E-state index contributed by atoms with van der Waals surface area (Å²) in [5.74, 6) is 0.418. The molecule has 0 aromatic heterocycles. The molecule has 1 fully saturated rings. The van der Waals surface area contributed by atoms with E-state index in [1.807, 2.05) is 13.8 Å². The normalized spacial score (nSPS) is 27.3. The van der Waals surface area contributed by atoms with Crippen LogP contribution in [0.1, 0.15) is 20.3 Å². The van der Waals surface area contributed by atoms with E-state index in [0.29, 0.717) is 12.5 Å². The average Bonchev–Trinajstić information content (AvgIpc) is 2.78. The van der Waals surface area contributed by atoms with Crippen LogP contribution in [0.3, 0.4) is 0 Å². The highest BCUT2D eigenvalue weighted by atomic mass is 16.5. The second-order valence-corrected chi connectivity index (χ2v) is 3.51. The Balaban J connectivity index is 2.12. The molecule has 1 aliphatic rings. The lowest BCUT2D eigenvalue weighted by molar-refractivity contribution is -0.142. The van der Waals surface area contributed by atoms with Crippen molar-refractivity contribution in [1.82, 2.24) is 0 Å². The predicted molar refractivity (Wildman–Crippen MR) is 44.7 cm³/mol. The van der Waals surface area contributed by atoms with Crippen molar-refractivity contribution < 1.29 is 14.3 Å². The minimum absolute atomic E-state index is 0.0904. The molecule has 2 atom stereocenters. The topological polar surface area (TPSA) is 35.5 Å². The zero-order chi connectivity index (χ0) is 9.14.